The molecule has 0 aliphatic rings. The highest BCUT2D eigenvalue weighted by atomic mass is 32.2. The largest absolute Gasteiger partial charge is 0.493 e. The molecule has 0 aliphatic carbocycles. The fourth-order valence-corrected chi connectivity index (χ4v) is 4.38. The molecule has 0 fully saturated rings. The molecule has 0 bridgehead atoms. The van der Waals surface area contributed by atoms with E-state index in [9.17, 15) is 16.8 Å². The van der Waals surface area contributed by atoms with Crippen molar-refractivity contribution < 1.29 is 26.3 Å². The third kappa shape index (κ3) is 4.41. The van der Waals surface area contributed by atoms with Gasteiger partial charge in [0.15, 0.2) is 11.5 Å². The van der Waals surface area contributed by atoms with E-state index in [0.717, 1.165) is 0 Å². The quantitative estimate of drug-likeness (QED) is 0.738. The van der Waals surface area contributed by atoms with Gasteiger partial charge in [-0.25, -0.2) is 22.0 Å². The first-order valence-electron chi connectivity index (χ1n) is 7.85. The zero-order valence-corrected chi connectivity index (χ0v) is 17.0. The lowest BCUT2D eigenvalue weighted by atomic mass is 10.1. The molecule has 148 valence electrons. The van der Waals surface area contributed by atoms with Crippen molar-refractivity contribution in [2.45, 2.75) is 22.8 Å². The first kappa shape index (κ1) is 21.2. The van der Waals surface area contributed by atoms with E-state index in [1.165, 1.54) is 68.0 Å². The van der Waals surface area contributed by atoms with Gasteiger partial charge in [-0.3, -0.25) is 0 Å². The monoisotopic (exact) mass is 414 g/mol. The van der Waals surface area contributed by atoms with E-state index in [2.05, 4.69) is 0 Å². The van der Waals surface area contributed by atoms with Crippen molar-refractivity contribution in [2.24, 2.45) is 5.14 Å². The fraction of sp³-hybridized carbons (Fsp3) is 0.294. The predicted molar refractivity (Wildman–Crippen MR) is 101 cm³/mol. The van der Waals surface area contributed by atoms with E-state index in [1.807, 2.05) is 0 Å². The Morgan fingerprint density at radius 2 is 1.41 bits per heavy atom. The number of rotatable bonds is 7. The second kappa shape index (κ2) is 7.85. The van der Waals surface area contributed by atoms with Gasteiger partial charge in [-0.2, -0.15) is 4.31 Å². The van der Waals surface area contributed by atoms with Crippen molar-refractivity contribution >= 4 is 20.0 Å². The van der Waals surface area contributed by atoms with E-state index in [4.69, 9.17) is 14.6 Å². The molecular formula is C17H22N2O6S2. The number of benzene rings is 2. The molecule has 1 atom stereocenters. The van der Waals surface area contributed by atoms with Crippen molar-refractivity contribution in [1.82, 2.24) is 4.31 Å². The summed E-state index contributed by atoms with van der Waals surface area (Å²) in [6, 6.07) is 9.56. The summed E-state index contributed by atoms with van der Waals surface area (Å²) in [6.45, 7) is 1.70. The van der Waals surface area contributed by atoms with Crippen LogP contribution in [0.25, 0.3) is 0 Å². The minimum atomic E-state index is -3.83. The Kier molecular flexibility index (Phi) is 6.15. The Morgan fingerprint density at radius 3 is 1.89 bits per heavy atom. The van der Waals surface area contributed by atoms with Crippen LogP contribution in [0, 0.1) is 0 Å². The number of ether oxygens (including phenoxy) is 2. The van der Waals surface area contributed by atoms with Crippen LogP contribution in [0.5, 0.6) is 11.5 Å². The second-order valence-electron chi connectivity index (χ2n) is 5.83. The lowest BCUT2D eigenvalue weighted by molar-refractivity contribution is 0.353. The van der Waals surface area contributed by atoms with Gasteiger partial charge in [0.1, 0.15) is 0 Å². The Morgan fingerprint density at radius 1 is 0.889 bits per heavy atom. The summed E-state index contributed by atoms with van der Waals surface area (Å²) < 4.78 is 60.1. The van der Waals surface area contributed by atoms with E-state index >= 15 is 0 Å². The molecule has 0 heterocycles. The second-order valence-corrected chi connectivity index (χ2v) is 9.39. The van der Waals surface area contributed by atoms with Gasteiger partial charge in [0, 0.05) is 19.2 Å². The van der Waals surface area contributed by atoms with Crippen LogP contribution >= 0.6 is 0 Å². The molecule has 2 N–H and O–H groups in total. The van der Waals surface area contributed by atoms with E-state index in [1.54, 1.807) is 6.92 Å². The van der Waals surface area contributed by atoms with E-state index < -0.39 is 26.1 Å². The van der Waals surface area contributed by atoms with Crippen LogP contribution < -0.4 is 14.6 Å². The SMILES string of the molecule is COc1ccc(S(=O)(=O)N(C)C(C)c2ccc(S(N)(=O)=O)cc2)cc1OC. The molecule has 27 heavy (non-hydrogen) atoms. The number of hydrogen-bond acceptors (Lipinski definition) is 6. The smallest absolute Gasteiger partial charge is 0.243 e. The normalized spacial score (nSPS) is 13.4. The maximum Gasteiger partial charge on any atom is 0.243 e. The Balaban J connectivity index is 2.36. The van der Waals surface area contributed by atoms with Crippen LogP contribution in [0.2, 0.25) is 0 Å². The zero-order valence-electron chi connectivity index (χ0n) is 15.4. The van der Waals surface area contributed by atoms with Crippen LogP contribution in [0.15, 0.2) is 52.3 Å². The third-order valence-electron chi connectivity index (χ3n) is 4.27. The summed E-state index contributed by atoms with van der Waals surface area (Å²) in [5, 5.41) is 5.08. The van der Waals surface area contributed by atoms with Gasteiger partial charge in [-0.05, 0) is 36.8 Å². The molecule has 0 saturated heterocycles. The lowest BCUT2D eigenvalue weighted by Crippen LogP contribution is -2.30. The van der Waals surface area contributed by atoms with Gasteiger partial charge < -0.3 is 9.47 Å². The van der Waals surface area contributed by atoms with Crippen molar-refractivity contribution in [3.63, 3.8) is 0 Å². The van der Waals surface area contributed by atoms with Crippen LogP contribution in [0.3, 0.4) is 0 Å². The van der Waals surface area contributed by atoms with E-state index in [-0.39, 0.29) is 9.79 Å². The molecule has 2 aromatic rings. The molecule has 1 unspecified atom stereocenters. The van der Waals surface area contributed by atoms with Gasteiger partial charge in [0.05, 0.1) is 24.0 Å². The summed E-state index contributed by atoms with van der Waals surface area (Å²) in [5.74, 6) is 0.725. The van der Waals surface area contributed by atoms with E-state index in [0.29, 0.717) is 17.1 Å². The van der Waals surface area contributed by atoms with Crippen LogP contribution in [0.4, 0.5) is 0 Å². The molecule has 0 spiro atoms. The van der Waals surface area contributed by atoms with Crippen LogP contribution in [0.1, 0.15) is 18.5 Å². The number of nitrogens with two attached hydrogens (primary N) is 1. The number of nitrogens with zero attached hydrogens (tertiary/aromatic N) is 1. The maximum atomic E-state index is 13.0. The lowest BCUT2D eigenvalue weighted by Gasteiger charge is -2.25. The maximum absolute atomic E-state index is 13.0. The molecule has 0 aliphatic heterocycles. The fourth-order valence-electron chi connectivity index (χ4n) is 2.50. The number of sulfonamides is 2. The van der Waals surface area contributed by atoms with Gasteiger partial charge >= 0.3 is 0 Å². The number of hydrogen-bond donors (Lipinski definition) is 1. The molecule has 0 radical (unpaired) electrons. The Bertz CT molecular complexity index is 1020. The molecule has 10 heteroatoms. The van der Waals surface area contributed by atoms with Crippen LogP contribution in [-0.4, -0.2) is 42.4 Å². The van der Waals surface area contributed by atoms with Crippen molar-refractivity contribution in [2.75, 3.05) is 21.3 Å². The molecule has 0 saturated carbocycles. The first-order valence-corrected chi connectivity index (χ1v) is 10.8. The molecule has 8 nitrogen and oxygen atoms in total. The Labute approximate surface area is 159 Å². The molecule has 2 rings (SSSR count). The van der Waals surface area contributed by atoms with Gasteiger partial charge in [-0.15, -0.1) is 0 Å². The topological polar surface area (TPSA) is 116 Å². The minimum Gasteiger partial charge on any atom is -0.493 e. The summed E-state index contributed by atoms with van der Waals surface area (Å²) in [6.07, 6.45) is 0. The average molecular weight is 415 g/mol. The van der Waals surface area contributed by atoms with Crippen LogP contribution in [-0.2, 0) is 20.0 Å². The van der Waals surface area contributed by atoms with Crippen molar-refractivity contribution in [1.29, 1.82) is 0 Å². The predicted octanol–water partition coefficient (Wildman–Crippen LogP) is 1.73. The molecule has 0 aromatic heterocycles. The Hall–Kier alpha value is -2.14. The first-order chi connectivity index (χ1) is 12.5. The van der Waals surface area contributed by atoms with Gasteiger partial charge in [-0.1, -0.05) is 12.1 Å². The van der Waals surface area contributed by atoms with Crippen molar-refractivity contribution in [3.8, 4) is 11.5 Å². The summed E-state index contributed by atoms with van der Waals surface area (Å²) >= 11 is 0. The van der Waals surface area contributed by atoms with Crippen molar-refractivity contribution in [3.05, 3.63) is 48.0 Å². The summed E-state index contributed by atoms with van der Waals surface area (Å²) in [7, 11) is -3.30. The minimum absolute atomic E-state index is 0.0381. The summed E-state index contributed by atoms with van der Waals surface area (Å²) in [4.78, 5) is 0.0134. The average Bonchev–Trinajstić information content (AvgIpc) is 2.65. The highest BCUT2D eigenvalue weighted by Crippen LogP contribution is 2.32. The van der Waals surface area contributed by atoms with Gasteiger partial charge in [0.2, 0.25) is 20.0 Å². The zero-order chi connectivity index (χ0) is 20.4. The summed E-state index contributed by atoms with van der Waals surface area (Å²) in [5.41, 5.74) is 0.619. The number of primary sulfonamides is 1. The highest BCUT2D eigenvalue weighted by Gasteiger charge is 2.27. The standard InChI is InChI=1S/C17H22N2O6S2/c1-12(13-5-7-14(8-6-13)26(18,20)21)19(2)27(22,23)15-9-10-16(24-3)17(11-15)25-4/h5-12H,1-4H3,(H2,18,20,21). The molecule has 2 aromatic carbocycles. The highest BCUT2D eigenvalue weighted by molar-refractivity contribution is 7.89. The molecule has 0 amide bonds. The third-order valence-corrected chi connectivity index (χ3v) is 7.12. The van der Waals surface area contributed by atoms with Gasteiger partial charge in [0.25, 0.3) is 0 Å². The molecular weight excluding hydrogens is 392 g/mol. The number of methoxy groups -OCH3 is 2.